The fourth-order valence-electron chi connectivity index (χ4n) is 2.78. The zero-order valence-electron chi connectivity index (χ0n) is 13.1. The monoisotopic (exact) mass is 331 g/mol. The van der Waals surface area contributed by atoms with E-state index in [2.05, 4.69) is 10.1 Å². The molecule has 0 N–H and O–H groups in total. The fourth-order valence-corrected chi connectivity index (χ4v) is 2.78. The average molecular weight is 331 g/mol. The van der Waals surface area contributed by atoms with Crippen molar-refractivity contribution in [3.05, 3.63) is 67.0 Å². The van der Waals surface area contributed by atoms with Gasteiger partial charge in [-0.1, -0.05) is 5.16 Å². The molecule has 0 unspecified atom stereocenters. The van der Waals surface area contributed by atoms with Crippen LogP contribution in [0.15, 0.2) is 71.5 Å². The maximum Gasteiger partial charge on any atom is 0.258 e. The Bertz CT molecular complexity index is 1020. The van der Waals surface area contributed by atoms with E-state index in [4.69, 9.17) is 14.0 Å². The molecule has 2 aromatic heterocycles. The lowest BCUT2D eigenvalue weighted by Crippen LogP contribution is -1.92. The lowest BCUT2D eigenvalue weighted by atomic mass is 10.2. The zero-order valence-corrected chi connectivity index (χ0v) is 13.1. The minimum absolute atomic E-state index is 0.238. The molecular formula is C19H13N3O3. The van der Waals surface area contributed by atoms with Gasteiger partial charge in [0.05, 0.1) is 0 Å². The van der Waals surface area contributed by atoms with Crippen LogP contribution in [0.2, 0.25) is 0 Å². The van der Waals surface area contributed by atoms with Crippen LogP contribution in [0.5, 0.6) is 11.5 Å². The molecule has 0 saturated heterocycles. The van der Waals surface area contributed by atoms with Crippen molar-refractivity contribution in [2.24, 2.45) is 0 Å². The molecule has 0 spiro atoms. The Labute approximate surface area is 143 Å². The summed E-state index contributed by atoms with van der Waals surface area (Å²) in [5, 5.41) is 4.08. The van der Waals surface area contributed by atoms with Crippen molar-refractivity contribution in [3.8, 4) is 40.0 Å². The van der Waals surface area contributed by atoms with E-state index in [-0.39, 0.29) is 6.79 Å². The molecule has 1 aliphatic rings. The molecule has 3 heterocycles. The van der Waals surface area contributed by atoms with Crippen LogP contribution in [0.1, 0.15) is 0 Å². The van der Waals surface area contributed by atoms with Crippen molar-refractivity contribution in [2.75, 3.05) is 6.79 Å². The SMILES string of the molecule is c1ccn(-c2ccc(-c3noc(-c4ccc5c(c4)OCO5)n3)cc2)c1. The Morgan fingerprint density at radius 3 is 2.44 bits per heavy atom. The van der Waals surface area contributed by atoms with Gasteiger partial charge in [0.1, 0.15) is 0 Å². The van der Waals surface area contributed by atoms with Gasteiger partial charge in [-0.15, -0.1) is 0 Å². The number of nitrogens with zero attached hydrogens (tertiary/aromatic N) is 3. The molecule has 2 aromatic carbocycles. The first-order valence-electron chi connectivity index (χ1n) is 7.84. The highest BCUT2D eigenvalue weighted by Gasteiger charge is 2.17. The van der Waals surface area contributed by atoms with E-state index in [0.717, 1.165) is 22.6 Å². The minimum atomic E-state index is 0.238. The van der Waals surface area contributed by atoms with Crippen molar-refractivity contribution < 1.29 is 14.0 Å². The van der Waals surface area contributed by atoms with Crippen LogP contribution in [0.4, 0.5) is 0 Å². The second kappa shape index (κ2) is 5.52. The lowest BCUT2D eigenvalue weighted by molar-refractivity contribution is 0.174. The van der Waals surface area contributed by atoms with Gasteiger partial charge in [-0.2, -0.15) is 4.98 Å². The van der Waals surface area contributed by atoms with Crippen LogP contribution in [-0.4, -0.2) is 21.5 Å². The summed E-state index contributed by atoms with van der Waals surface area (Å²) in [6, 6.07) is 17.5. The minimum Gasteiger partial charge on any atom is -0.454 e. The predicted molar refractivity (Wildman–Crippen MR) is 90.6 cm³/mol. The van der Waals surface area contributed by atoms with Crippen molar-refractivity contribution in [3.63, 3.8) is 0 Å². The molecule has 0 aliphatic carbocycles. The molecule has 0 atom stereocenters. The van der Waals surface area contributed by atoms with Crippen molar-refractivity contribution in [2.45, 2.75) is 0 Å². The van der Waals surface area contributed by atoms with Crippen LogP contribution in [0, 0.1) is 0 Å². The van der Waals surface area contributed by atoms with Gasteiger partial charge in [0.2, 0.25) is 12.6 Å². The summed E-state index contributed by atoms with van der Waals surface area (Å²) in [4.78, 5) is 4.49. The molecule has 5 rings (SSSR count). The quantitative estimate of drug-likeness (QED) is 0.569. The van der Waals surface area contributed by atoms with E-state index in [0.29, 0.717) is 17.5 Å². The van der Waals surface area contributed by atoms with Crippen molar-refractivity contribution >= 4 is 0 Å². The van der Waals surface area contributed by atoms with Gasteiger partial charge in [0.25, 0.3) is 5.89 Å². The van der Waals surface area contributed by atoms with Gasteiger partial charge in [0, 0.05) is 29.2 Å². The summed E-state index contributed by atoms with van der Waals surface area (Å²) in [6.07, 6.45) is 4.00. The van der Waals surface area contributed by atoms with Crippen LogP contribution >= 0.6 is 0 Å². The molecular weight excluding hydrogens is 318 g/mol. The van der Waals surface area contributed by atoms with Gasteiger partial charge in [-0.3, -0.25) is 0 Å². The van der Waals surface area contributed by atoms with Crippen LogP contribution in [0.3, 0.4) is 0 Å². The average Bonchev–Trinajstić information content (AvgIpc) is 3.42. The predicted octanol–water partition coefficient (Wildman–Crippen LogP) is 3.92. The Kier molecular flexibility index (Phi) is 3.06. The highest BCUT2D eigenvalue weighted by molar-refractivity contribution is 5.63. The Balaban J connectivity index is 1.44. The summed E-state index contributed by atoms with van der Waals surface area (Å²) >= 11 is 0. The summed E-state index contributed by atoms with van der Waals surface area (Å²) in [5.41, 5.74) is 2.77. The maximum absolute atomic E-state index is 5.40. The van der Waals surface area contributed by atoms with E-state index in [9.17, 15) is 0 Å². The zero-order chi connectivity index (χ0) is 16.6. The van der Waals surface area contributed by atoms with Crippen LogP contribution in [-0.2, 0) is 0 Å². The summed E-state index contributed by atoms with van der Waals surface area (Å²) in [7, 11) is 0. The lowest BCUT2D eigenvalue weighted by Gasteiger charge is -2.02. The number of benzene rings is 2. The third kappa shape index (κ3) is 2.44. The number of hydrogen-bond donors (Lipinski definition) is 0. The van der Waals surface area contributed by atoms with E-state index < -0.39 is 0 Å². The molecule has 122 valence electrons. The number of hydrogen-bond acceptors (Lipinski definition) is 5. The molecule has 6 heteroatoms. The summed E-state index contributed by atoms with van der Waals surface area (Å²) in [6.45, 7) is 0.238. The van der Waals surface area contributed by atoms with E-state index in [1.54, 1.807) is 0 Å². The highest BCUT2D eigenvalue weighted by atomic mass is 16.7. The van der Waals surface area contributed by atoms with Gasteiger partial charge >= 0.3 is 0 Å². The summed E-state index contributed by atoms with van der Waals surface area (Å²) < 4.78 is 18.1. The fraction of sp³-hybridized carbons (Fsp3) is 0.0526. The molecule has 4 aromatic rings. The van der Waals surface area contributed by atoms with Crippen molar-refractivity contribution in [1.29, 1.82) is 0 Å². The standard InChI is InChI=1S/C19H13N3O3/c1-2-10-22(9-1)15-6-3-13(4-7-15)18-20-19(25-21-18)14-5-8-16-17(11-14)24-12-23-16/h1-11H,12H2. The molecule has 25 heavy (non-hydrogen) atoms. The molecule has 1 aliphatic heterocycles. The number of ether oxygens (including phenoxy) is 2. The molecule has 6 nitrogen and oxygen atoms in total. The van der Waals surface area contributed by atoms with Crippen molar-refractivity contribution in [1.82, 2.24) is 14.7 Å². The van der Waals surface area contributed by atoms with E-state index in [1.807, 2.05) is 71.6 Å². The van der Waals surface area contributed by atoms with Crippen LogP contribution < -0.4 is 9.47 Å². The number of aromatic nitrogens is 3. The molecule has 0 radical (unpaired) electrons. The van der Waals surface area contributed by atoms with E-state index in [1.165, 1.54) is 0 Å². The van der Waals surface area contributed by atoms with Gasteiger partial charge in [0.15, 0.2) is 11.5 Å². The van der Waals surface area contributed by atoms with E-state index >= 15 is 0 Å². The van der Waals surface area contributed by atoms with Crippen LogP contribution in [0.25, 0.3) is 28.5 Å². The smallest absolute Gasteiger partial charge is 0.258 e. The van der Waals surface area contributed by atoms with Gasteiger partial charge in [-0.05, 0) is 54.6 Å². The maximum atomic E-state index is 5.40. The first kappa shape index (κ1) is 13.9. The molecule has 0 amide bonds. The second-order valence-electron chi connectivity index (χ2n) is 5.63. The Morgan fingerprint density at radius 2 is 1.60 bits per heavy atom. The molecule has 0 fully saturated rings. The first-order chi connectivity index (χ1) is 12.4. The second-order valence-corrected chi connectivity index (χ2v) is 5.63. The Hall–Kier alpha value is -3.54. The highest BCUT2D eigenvalue weighted by Crippen LogP contribution is 2.35. The van der Waals surface area contributed by atoms with Gasteiger partial charge in [-0.25, -0.2) is 0 Å². The first-order valence-corrected chi connectivity index (χ1v) is 7.84. The third-order valence-corrected chi connectivity index (χ3v) is 4.07. The number of rotatable bonds is 3. The molecule has 0 saturated carbocycles. The largest absolute Gasteiger partial charge is 0.454 e. The number of fused-ring (bicyclic) bond motifs is 1. The Morgan fingerprint density at radius 1 is 0.840 bits per heavy atom. The normalized spacial score (nSPS) is 12.5. The summed E-state index contributed by atoms with van der Waals surface area (Å²) in [5.74, 6) is 2.41. The topological polar surface area (TPSA) is 62.3 Å². The third-order valence-electron chi connectivity index (χ3n) is 4.07. The van der Waals surface area contributed by atoms with Gasteiger partial charge < -0.3 is 18.6 Å². The molecule has 0 bridgehead atoms.